The Labute approximate surface area is 193 Å². The number of nitrogens with zero attached hydrogens (tertiary/aromatic N) is 3. The lowest BCUT2D eigenvalue weighted by molar-refractivity contribution is 0.623. The average molecular weight is 512 g/mol. The van der Waals surface area contributed by atoms with Crippen molar-refractivity contribution in [3.8, 4) is 0 Å². The number of pyridine rings is 1. The summed E-state index contributed by atoms with van der Waals surface area (Å²) in [5.74, 6) is 0.375. The molecule has 0 atom stereocenters. The van der Waals surface area contributed by atoms with Crippen molar-refractivity contribution >= 4 is 59.5 Å². The van der Waals surface area contributed by atoms with Crippen LogP contribution in [0.15, 0.2) is 81.3 Å². The maximum Gasteiger partial charge on any atom is 0.272 e. The van der Waals surface area contributed by atoms with E-state index in [2.05, 4.69) is 20.9 Å². The van der Waals surface area contributed by atoms with Crippen LogP contribution < -0.4 is 5.56 Å². The predicted molar refractivity (Wildman–Crippen MR) is 128 cm³/mol. The molecule has 0 saturated carbocycles. The first-order chi connectivity index (χ1) is 15.1. The Hall–Kier alpha value is -2.55. The van der Waals surface area contributed by atoms with Gasteiger partial charge in [-0.3, -0.25) is 9.36 Å². The summed E-state index contributed by atoms with van der Waals surface area (Å²) in [4.78, 5) is 23.5. The number of benzene rings is 2. The van der Waals surface area contributed by atoms with Gasteiger partial charge >= 0.3 is 0 Å². The molecule has 154 valence electrons. The van der Waals surface area contributed by atoms with Crippen molar-refractivity contribution < 1.29 is 4.39 Å². The predicted octanol–water partition coefficient (Wildman–Crippen LogP) is 6.25. The second-order valence-corrected chi connectivity index (χ2v) is 9.82. The molecular weight excluding hydrogens is 497 g/mol. The van der Waals surface area contributed by atoms with Crippen molar-refractivity contribution in [1.29, 1.82) is 0 Å². The van der Waals surface area contributed by atoms with Gasteiger partial charge in [0.15, 0.2) is 5.16 Å². The zero-order chi connectivity index (χ0) is 21.4. The van der Waals surface area contributed by atoms with Crippen molar-refractivity contribution in [2.75, 3.05) is 0 Å². The fourth-order valence-electron chi connectivity index (χ4n) is 3.29. The molecule has 0 unspecified atom stereocenters. The van der Waals surface area contributed by atoms with E-state index in [0.717, 1.165) is 25.8 Å². The molecule has 3 aromatic heterocycles. The minimum Gasteiger partial charge on any atom is -0.282 e. The van der Waals surface area contributed by atoms with Gasteiger partial charge < -0.3 is 0 Å². The maximum atomic E-state index is 13.5. The van der Waals surface area contributed by atoms with Gasteiger partial charge in [0.2, 0.25) is 0 Å². The van der Waals surface area contributed by atoms with E-state index in [1.807, 2.05) is 36.4 Å². The van der Waals surface area contributed by atoms with E-state index in [9.17, 15) is 9.18 Å². The normalized spacial score (nSPS) is 11.4. The Morgan fingerprint density at radius 2 is 1.77 bits per heavy atom. The monoisotopic (exact) mass is 511 g/mol. The first-order valence-electron chi connectivity index (χ1n) is 9.48. The number of thiophene rings is 1. The second kappa shape index (κ2) is 8.53. The van der Waals surface area contributed by atoms with Gasteiger partial charge in [-0.2, -0.15) is 0 Å². The molecule has 2 aromatic carbocycles. The Morgan fingerprint density at radius 1 is 1.03 bits per heavy atom. The topological polar surface area (TPSA) is 47.8 Å². The van der Waals surface area contributed by atoms with Crippen LogP contribution in [0.5, 0.6) is 0 Å². The lowest BCUT2D eigenvalue weighted by Crippen LogP contribution is -2.23. The van der Waals surface area contributed by atoms with E-state index in [-0.39, 0.29) is 11.4 Å². The summed E-state index contributed by atoms with van der Waals surface area (Å²) in [5, 5.41) is 1.52. The third-order valence-electron chi connectivity index (χ3n) is 4.85. The van der Waals surface area contributed by atoms with Gasteiger partial charge in [0.1, 0.15) is 15.3 Å². The van der Waals surface area contributed by atoms with Crippen LogP contribution in [-0.4, -0.2) is 14.5 Å². The van der Waals surface area contributed by atoms with Gasteiger partial charge in [-0.15, -0.1) is 11.3 Å². The summed E-state index contributed by atoms with van der Waals surface area (Å²) >= 11 is 6.33. The van der Waals surface area contributed by atoms with Crippen LogP contribution in [0, 0.1) is 5.82 Å². The summed E-state index contributed by atoms with van der Waals surface area (Å²) in [6.45, 7) is 0.326. The van der Waals surface area contributed by atoms with E-state index >= 15 is 0 Å². The maximum absolute atomic E-state index is 13.5. The molecule has 0 bridgehead atoms. The average Bonchev–Trinajstić information content (AvgIpc) is 3.16. The minimum atomic E-state index is -0.301. The summed E-state index contributed by atoms with van der Waals surface area (Å²) in [6.07, 6.45) is 1.72. The molecule has 31 heavy (non-hydrogen) atoms. The van der Waals surface area contributed by atoms with Gasteiger partial charge in [0, 0.05) is 21.8 Å². The van der Waals surface area contributed by atoms with Crippen molar-refractivity contribution in [3.63, 3.8) is 0 Å². The number of halogens is 2. The number of rotatable bonds is 5. The summed E-state index contributed by atoms with van der Waals surface area (Å²) in [5.41, 5.74) is 2.56. The summed E-state index contributed by atoms with van der Waals surface area (Å²) in [7, 11) is 0. The Bertz CT molecular complexity index is 1450. The zero-order valence-electron chi connectivity index (χ0n) is 16.1. The van der Waals surface area contributed by atoms with Crippen LogP contribution >= 0.6 is 39.0 Å². The molecule has 4 nitrogen and oxygen atoms in total. The van der Waals surface area contributed by atoms with Gasteiger partial charge in [-0.1, -0.05) is 52.0 Å². The van der Waals surface area contributed by atoms with Crippen molar-refractivity contribution in [2.24, 2.45) is 0 Å². The number of aromatic nitrogens is 3. The second-order valence-electron chi connectivity index (χ2n) is 6.96. The van der Waals surface area contributed by atoms with Crippen LogP contribution in [0.2, 0.25) is 0 Å². The van der Waals surface area contributed by atoms with E-state index in [1.54, 1.807) is 22.9 Å². The molecule has 0 radical (unpaired) electrons. The smallest absolute Gasteiger partial charge is 0.272 e. The highest BCUT2D eigenvalue weighted by atomic mass is 79.9. The lowest BCUT2D eigenvalue weighted by atomic mass is 10.2. The van der Waals surface area contributed by atoms with Gasteiger partial charge in [0.25, 0.3) is 5.56 Å². The van der Waals surface area contributed by atoms with E-state index in [1.165, 1.54) is 35.2 Å². The Balaban J connectivity index is 1.62. The molecule has 0 fully saturated rings. The van der Waals surface area contributed by atoms with Crippen molar-refractivity contribution in [3.05, 3.63) is 98.6 Å². The van der Waals surface area contributed by atoms with Crippen LogP contribution in [0.1, 0.15) is 11.1 Å². The third kappa shape index (κ3) is 4.15. The molecule has 0 aliphatic carbocycles. The molecule has 0 saturated heterocycles. The van der Waals surface area contributed by atoms with Crippen molar-refractivity contribution in [2.45, 2.75) is 17.5 Å². The fourth-order valence-corrected chi connectivity index (χ4v) is 5.53. The number of fused-ring (bicyclic) bond motifs is 3. The van der Waals surface area contributed by atoms with Crippen LogP contribution in [0.4, 0.5) is 4.39 Å². The number of hydrogen-bond donors (Lipinski definition) is 0. The SMILES string of the molecule is O=c1c2sc3ncccc3c2nc(SCc2ccc(Br)cc2)n1Cc1ccc(F)cc1. The number of thioether (sulfide) groups is 1. The number of hydrogen-bond acceptors (Lipinski definition) is 5. The molecule has 5 aromatic rings. The highest BCUT2D eigenvalue weighted by Gasteiger charge is 2.17. The van der Waals surface area contributed by atoms with Crippen LogP contribution in [0.25, 0.3) is 20.4 Å². The van der Waals surface area contributed by atoms with E-state index in [0.29, 0.717) is 27.7 Å². The van der Waals surface area contributed by atoms with Gasteiger partial charge in [-0.25, -0.2) is 14.4 Å². The van der Waals surface area contributed by atoms with E-state index in [4.69, 9.17) is 4.98 Å². The first kappa shape index (κ1) is 20.4. The molecule has 0 aliphatic heterocycles. The molecule has 0 N–H and O–H groups in total. The molecule has 0 amide bonds. The molecule has 8 heteroatoms. The summed E-state index contributed by atoms with van der Waals surface area (Å²) in [6, 6.07) is 18.1. The van der Waals surface area contributed by atoms with Gasteiger partial charge in [0.05, 0.1) is 12.1 Å². The van der Waals surface area contributed by atoms with Gasteiger partial charge in [-0.05, 0) is 47.5 Å². The molecule has 3 heterocycles. The standard InChI is InChI=1S/C23H15BrFN3OS2/c24-16-7-3-15(4-8-16)13-30-23-27-19-18-2-1-11-26-21(18)31-20(19)22(29)28(23)12-14-5-9-17(25)10-6-14/h1-11H,12-13H2. The minimum absolute atomic E-state index is 0.101. The fraction of sp³-hybridized carbons (Fsp3) is 0.0870. The quantitative estimate of drug-likeness (QED) is 0.206. The lowest BCUT2D eigenvalue weighted by Gasteiger charge is -2.12. The van der Waals surface area contributed by atoms with Crippen LogP contribution in [0.3, 0.4) is 0 Å². The highest BCUT2D eigenvalue weighted by molar-refractivity contribution is 9.10. The molecular formula is C23H15BrFN3OS2. The molecule has 0 spiro atoms. The largest absolute Gasteiger partial charge is 0.282 e. The van der Waals surface area contributed by atoms with E-state index < -0.39 is 0 Å². The Morgan fingerprint density at radius 3 is 2.55 bits per heavy atom. The van der Waals surface area contributed by atoms with Crippen LogP contribution in [-0.2, 0) is 12.3 Å². The summed E-state index contributed by atoms with van der Waals surface area (Å²) < 4.78 is 16.6. The molecule has 5 rings (SSSR count). The third-order valence-corrected chi connectivity index (χ3v) is 7.52. The highest BCUT2D eigenvalue weighted by Crippen LogP contribution is 2.31. The first-order valence-corrected chi connectivity index (χ1v) is 12.1. The zero-order valence-corrected chi connectivity index (χ0v) is 19.3. The molecule has 0 aliphatic rings. The van der Waals surface area contributed by atoms with Crippen molar-refractivity contribution in [1.82, 2.24) is 14.5 Å². The Kier molecular flexibility index (Phi) is 5.60.